The van der Waals surface area contributed by atoms with E-state index in [2.05, 4.69) is 0 Å². The van der Waals surface area contributed by atoms with Crippen LogP contribution in [0.5, 0.6) is 0 Å². The summed E-state index contributed by atoms with van der Waals surface area (Å²) in [5, 5.41) is 8.62. The maximum atomic E-state index is 10.5. The summed E-state index contributed by atoms with van der Waals surface area (Å²) < 4.78 is 5.34. The van der Waals surface area contributed by atoms with Crippen LogP contribution in [0.1, 0.15) is 32.6 Å². The lowest BCUT2D eigenvalue weighted by molar-refractivity contribution is -0.154. The summed E-state index contributed by atoms with van der Waals surface area (Å²) in [6.07, 6.45) is 3.12. The zero-order valence-electron chi connectivity index (χ0n) is 7.90. The van der Waals surface area contributed by atoms with Crippen molar-refractivity contribution in [2.45, 2.75) is 50.9 Å². The van der Waals surface area contributed by atoms with E-state index >= 15 is 0 Å². The molecule has 1 aliphatic carbocycles. The van der Waals surface area contributed by atoms with Crippen molar-refractivity contribution in [3.8, 4) is 0 Å². The van der Waals surface area contributed by atoms with Crippen LogP contribution in [0.2, 0.25) is 0 Å². The lowest BCUT2D eigenvalue weighted by Crippen LogP contribution is -2.35. The van der Waals surface area contributed by atoms with Crippen LogP contribution in [0.25, 0.3) is 0 Å². The number of hydrogen-bond acceptors (Lipinski definition) is 3. The van der Waals surface area contributed by atoms with Crippen LogP contribution in [0.3, 0.4) is 0 Å². The molecular formula is C9H17NO3. The topological polar surface area (TPSA) is 72.5 Å². The highest BCUT2D eigenvalue weighted by molar-refractivity contribution is 5.71. The van der Waals surface area contributed by atoms with E-state index < -0.39 is 12.1 Å². The van der Waals surface area contributed by atoms with Crippen LogP contribution in [0.4, 0.5) is 0 Å². The summed E-state index contributed by atoms with van der Waals surface area (Å²) in [6.45, 7) is 1.56. The molecular weight excluding hydrogens is 170 g/mol. The average Bonchev–Trinajstić information content (AvgIpc) is 2.04. The molecule has 0 bridgehead atoms. The van der Waals surface area contributed by atoms with Crippen molar-refractivity contribution in [3.05, 3.63) is 0 Å². The van der Waals surface area contributed by atoms with Crippen molar-refractivity contribution in [2.75, 3.05) is 0 Å². The van der Waals surface area contributed by atoms with Gasteiger partial charge in [-0.15, -0.1) is 0 Å². The summed E-state index contributed by atoms with van der Waals surface area (Å²) in [5.74, 6) is -0.904. The van der Waals surface area contributed by atoms with E-state index in [1.165, 1.54) is 0 Å². The van der Waals surface area contributed by atoms with Crippen LogP contribution in [-0.2, 0) is 9.53 Å². The van der Waals surface area contributed by atoms with Gasteiger partial charge in [-0.05, 0) is 32.6 Å². The minimum absolute atomic E-state index is 0.0369. The van der Waals surface area contributed by atoms with Crippen LogP contribution < -0.4 is 5.73 Å². The zero-order chi connectivity index (χ0) is 9.84. The Labute approximate surface area is 78.1 Å². The summed E-state index contributed by atoms with van der Waals surface area (Å²) in [4.78, 5) is 10.5. The summed E-state index contributed by atoms with van der Waals surface area (Å²) in [5.41, 5.74) is 5.75. The molecule has 3 unspecified atom stereocenters. The highest BCUT2D eigenvalue weighted by Gasteiger charge is 2.23. The first-order valence-corrected chi connectivity index (χ1v) is 4.73. The van der Waals surface area contributed by atoms with Crippen molar-refractivity contribution >= 4 is 5.97 Å². The molecule has 0 aromatic rings. The second-order valence-corrected chi connectivity index (χ2v) is 3.67. The van der Waals surface area contributed by atoms with Crippen molar-refractivity contribution in [3.63, 3.8) is 0 Å². The van der Waals surface area contributed by atoms with Gasteiger partial charge in [-0.3, -0.25) is 0 Å². The van der Waals surface area contributed by atoms with E-state index in [9.17, 15) is 4.79 Å². The Balaban J connectivity index is 2.31. The largest absolute Gasteiger partial charge is 0.479 e. The lowest BCUT2D eigenvalue weighted by Gasteiger charge is -2.27. The van der Waals surface area contributed by atoms with E-state index in [4.69, 9.17) is 15.6 Å². The predicted molar refractivity (Wildman–Crippen MR) is 48.4 cm³/mol. The highest BCUT2D eigenvalue weighted by Crippen LogP contribution is 2.20. The molecule has 1 rings (SSSR count). The third-order valence-corrected chi connectivity index (χ3v) is 2.41. The molecule has 4 heteroatoms. The fraction of sp³-hybridized carbons (Fsp3) is 0.889. The molecule has 3 N–H and O–H groups in total. The number of carbonyl (C=O) groups is 1. The number of carboxylic acids is 1. The number of hydrogen-bond donors (Lipinski definition) is 2. The molecule has 0 amide bonds. The molecule has 13 heavy (non-hydrogen) atoms. The molecule has 4 nitrogen and oxygen atoms in total. The van der Waals surface area contributed by atoms with Crippen LogP contribution in [0, 0.1) is 0 Å². The Bertz CT molecular complexity index is 184. The van der Waals surface area contributed by atoms with Crippen molar-refractivity contribution < 1.29 is 14.6 Å². The number of rotatable bonds is 3. The van der Waals surface area contributed by atoms with Gasteiger partial charge in [-0.1, -0.05) is 0 Å². The standard InChI is InChI=1S/C9H17NO3/c1-6(9(11)12)13-8-4-2-3-7(10)5-8/h6-8H,2-5,10H2,1H3,(H,11,12). The lowest BCUT2D eigenvalue weighted by atomic mass is 9.93. The van der Waals surface area contributed by atoms with Crippen molar-refractivity contribution in [1.29, 1.82) is 0 Å². The minimum Gasteiger partial charge on any atom is -0.479 e. The molecule has 0 heterocycles. The number of ether oxygens (including phenoxy) is 1. The summed E-state index contributed by atoms with van der Waals surface area (Å²) in [6, 6.07) is 0.180. The smallest absolute Gasteiger partial charge is 0.332 e. The minimum atomic E-state index is -0.904. The molecule has 0 saturated heterocycles. The third kappa shape index (κ3) is 3.32. The molecule has 76 valence electrons. The Morgan fingerprint density at radius 1 is 1.62 bits per heavy atom. The molecule has 1 saturated carbocycles. The predicted octanol–water partition coefficient (Wildman–Crippen LogP) is 0.746. The van der Waals surface area contributed by atoms with Gasteiger partial charge < -0.3 is 15.6 Å². The van der Waals surface area contributed by atoms with Gasteiger partial charge in [0, 0.05) is 6.04 Å². The van der Waals surface area contributed by atoms with Crippen molar-refractivity contribution in [1.82, 2.24) is 0 Å². The van der Waals surface area contributed by atoms with Gasteiger partial charge >= 0.3 is 5.97 Å². The zero-order valence-corrected chi connectivity index (χ0v) is 7.90. The number of nitrogens with two attached hydrogens (primary N) is 1. The van der Waals surface area contributed by atoms with Crippen molar-refractivity contribution in [2.24, 2.45) is 5.73 Å². The maximum Gasteiger partial charge on any atom is 0.332 e. The van der Waals surface area contributed by atoms with Gasteiger partial charge in [-0.2, -0.15) is 0 Å². The van der Waals surface area contributed by atoms with Crippen LogP contribution in [-0.4, -0.2) is 29.3 Å². The van der Waals surface area contributed by atoms with Gasteiger partial charge in [0.1, 0.15) is 0 Å². The molecule has 0 radical (unpaired) electrons. The fourth-order valence-electron chi connectivity index (χ4n) is 1.65. The summed E-state index contributed by atoms with van der Waals surface area (Å²) in [7, 11) is 0. The third-order valence-electron chi connectivity index (χ3n) is 2.41. The van der Waals surface area contributed by atoms with Gasteiger partial charge in [0.25, 0.3) is 0 Å². The molecule has 0 aromatic carbocycles. The van der Waals surface area contributed by atoms with Gasteiger partial charge in [0.15, 0.2) is 6.10 Å². The molecule has 0 aromatic heterocycles. The normalized spacial score (nSPS) is 31.2. The first kappa shape index (κ1) is 10.5. The van der Waals surface area contributed by atoms with Gasteiger partial charge in [-0.25, -0.2) is 4.79 Å². The number of aliphatic carboxylic acids is 1. The van der Waals surface area contributed by atoms with Gasteiger partial charge in [0.2, 0.25) is 0 Å². The Morgan fingerprint density at radius 2 is 2.31 bits per heavy atom. The Hall–Kier alpha value is -0.610. The Morgan fingerprint density at radius 3 is 2.85 bits per heavy atom. The van der Waals surface area contributed by atoms with E-state index in [1.54, 1.807) is 6.92 Å². The van der Waals surface area contributed by atoms with Crippen LogP contribution >= 0.6 is 0 Å². The summed E-state index contributed by atoms with van der Waals surface area (Å²) >= 11 is 0. The number of carboxylic acid groups (broad SMARTS) is 1. The monoisotopic (exact) mass is 187 g/mol. The molecule has 0 aliphatic heterocycles. The first-order chi connectivity index (χ1) is 6.09. The van der Waals surface area contributed by atoms with E-state index in [1.807, 2.05) is 0 Å². The first-order valence-electron chi connectivity index (χ1n) is 4.73. The molecule has 0 spiro atoms. The van der Waals surface area contributed by atoms with Crippen LogP contribution in [0.15, 0.2) is 0 Å². The SMILES string of the molecule is CC(OC1CCCC(N)C1)C(=O)O. The maximum absolute atomic E-state index is 10.5. The highest BCUT2D eigenvalue weighted by atomic mass is 16.5. The quantitative estimate of drug-likeness (QED) is 0.683. The second kappa shape index (κ2) is 4.58. The Kier molecular flexibility index (Phi) is 3.69. The van der Waals surface area contributed by atoms with Gasteiger partial charge in [0.05, 0.1) is 6.10 Å². The van der Waals surface area contributed by atoms with E-state index in [0.717, 1.165) is 25.7 Å². The van der Waals surface area contributed by atoms with E-state index in [0.29, 0.717) is 0 Å². The fourth-order valence-corrected chi connectivity index (χ4v) is 1.65. The molecule has 1 fully saturated rings. The molecule has 1 aliphatic rings. The second-order valence-electron chi connectivity index (χ2n) is 3.67. The van der Waals surface area contributed by atoms with E-state index in [-0.39, 0.29) is 12.1 Å². The molecule has 3 atom stereocenters. The average molecular weight is 187 g/mol.